The van der Waals surface area contributed by atoms with Crippen molar-refractivity contribution in [2.75, 3.05) is 24.3 Å². The highest BCUT2D eigenvalue weighted by Gasteiger charge is 2.07. The molecular formula is C16H18N2O3. The molecule has 0 unspecified atom stereocenters. The number of rotatable bonds is 6. The van der Waals surface area contributed by atoms with Gasteiger partial charge in [0.25, 0.3) is 0 Å². The SMILES string of the molecule is COc1ccccc1NC(=O)CNc1ccccc1CO. The number of benzene rings is 2. The molecule has 0 saturated heterocycles. The summed E-state index contributed by atoms with van der Waals surface area (Å²) in [6, 6.07) is 14.5. The van der Waals surface area contributed by atoms with Gasteiger partial charge in [-0.1, -0.05) is 30.3 Å². The third kappa shape index (κ3) is 3.97. The largest absolute Gasteiger partial charge is 0.495 e. The third-order valence-corrected chi connectivity index (χ3v) is 3.01. The van der Waals surface area contributed by atoms with Crippen LogP contribution >= 0.6 is 0 Å². The van der Waals surface area contributed by atoms with Crippen LogP contribution in [0.3, 0.4) is 0 Å². The summed E-state index contributed by atoms with van der Waals surface area (Å²) >= 11 is 0. The van der Waals surface area contributed by atoms with Crippen LogP contribution in [0.15, 0.2) is 48.5 Å². The third-order valence-electron chi connectivity index (χ3n) is 3.01. The zero-order chi connectivity index (χ0) is 15.1. The van der Waals surface area contributed by atoms with Crippen molar-refractivity contribution in [1.82, 2.24) is 0 Å². The number of anilines is 2. The molecule has 0 spiro atoms. The Morgan fingerprint density at radius 2 is 1.76 bits per heavy atom. The summed E-state index contributed by atoms with van der Waals surface area (Å²) in [7, 11) is 1.56. The van der Waals surface area contributed by atoms with Crippen LogP contribution in [-0.4, -0.2) is 24.7 Å². The van der Waals surface area contributed by atoms with Crippen LogP contribution in [0.25, 0.3) is 0 Å². The molecule has 0 bridgehead atoms. The van der Waals surface area contributed by atoms with Crippen LogP contribution in [0, 0.1) is 0 Å². The molecule has 0 atom stereocenters. The molecule has 5 nitrogen and oxygen atoms in total. The molecule has 0 aromatic heterocycles. The lowest BCUT2D eigenvalue weighted by atomic mass is 10.2. The van der Waals surface area contributed by atoms with Crippen molar-refractivity contribution in [2.24, 2.45) is 0 Å². The van der Waals surface area contributed by atoms with Gasteiger partial charge in [-0.2, -0.15) is 0 Å². The molecule has 110 valence electrons. The number of aliphatic hydroxyl groups is 1. The summed E-state index contributed by atoms with van der Waals surface area (Å²) in [5, 5.41) is 15.0. The molecule has 2 rings (SSSR count). The van der Waals surface area contributed by atoms with Gasteiger partial charge in [-0.05, 0) is 18.2 Å². The molecule has 0 heterocycles. The molecule has 0 aliphatic rings. The van der Waals surface area contributed by atoms with E-state index in [0.717, 1.165) is 11.3 Å². The average molecular weight is 286 g/mol. The molecule has 3 N–H and O–H groups in total. The van der Waals surface area contributed by atoms with Crippen LogP contribution in [0.1, 0.15) is 5.56 Å². The zero-order valence-electron chi connectivity index (χ0n) is 11.8. The van der Waals surface area contributed by atoms with Crippen molar-refractivity contribution in [2.45, 2.75) is 6.61 Å². The van der Waals surface area contributed by atoms with Gasteiger partial charge in [0, 0.05) is 11.3 Å². The maximum atomic E-state index is 12.0. The fraction of sp³-hybridized carbons (Fsp3) is 0.188. The summed E-state index contributed by atoms with van der Waals surface area (Å²) < 4.78 is 5.18. The molecule has 21 heavy (non-hydrogen) atoms. The number of methoxy groups -OCH3 is 1. The van der Waals surface area contributed by atoms with E-state index in [1.807, 2.05) is 30.3 Å². The summed E-state index contributed by atoms with van der Waals surface area (Å²) in [5.41, 5.74) is 2.13. The second-order valence-corrected chi connectivity index (χ2v) is 4.42. The predicted octanol–water partition coefficient (Wildman–Crippen LogP) is 2.24. The Hall–Kier alpha value is -2.53. The fourth-order valence-electron chi connectivity index (χ4n) is 1.95. The minimum Gasteiger partial charge on any atom is -0.495 e. The Labute approximate surface area is 123 Å². The number of hydrogen-bond acceptors (Lipinski definition) is 4. The lowest BCUT2D eigenvalue weighted by Crippen LogP contribution is -2.22. The van der Waals surface area contributed by atoms with Gasteiger partial charge in [0.1, 0.15) is 5.75 Å². The number of aliphatic hydroxyl groups excluding tert-OH is 1. The minimum absolute atomic E-state index is 0.0721. The van der Waals surface area contributed by atoms with Gasteiger partial charge in [-0.25, -0.2) is 0 Å². The van der Waals surface area contributed by atoms with E-state index in [1.54, 1.807) is 25.3 Å². The van der Waals surface area contributed by atoms with Gasteiger partial charge < -0.3 is 20.5 Å². The van der Waals surface area contributed by atoms with Crippen LogP contribution < -0.4 is 15.4 Å². The first kappa shape index (κ1) is 14.9. The zero-order valence-corrected chi connectivity index (χ0v) is 11.8. The average Bonchev–Trinajstić information content (AvgIpc) is 2.53. The number of ether oxygens (including phenoxy) is 1. The molecule has 0 aliphatic carbocycles. The second kappa shape index (κ2) is 7.31. The summed E-state index contributed by atoms with van der Waals surface area (Å²) in [6.45, 7) is 0.0341. The second-order valence-electron chi connectivity index (χ2n) is 4.42. The quantitative estimate of drug-likeness (QED) is 0.761. The molecule has 2 aromatic rings. The number of para-hydroxylation sites is 3. The molecule has 1 amide bonds. The smallest absolute Gasteiger partial charge is 0.243 e. The van der Waals surface area contributed by atoms with E-state index in [2.05, 4.69) is 10.6 Å². The first-order chi connectivity index (χ1) is 10.2. The highest BCUT2D eigenvalue weighted by atomic mass is 16.5. The number of nitrogens with one attached hydrogen (secondary N) is 2. The maximum absolute atomic E-state index is 12.0. The molecule has 2 aromatic carbocycles. The topological polar surface area (TPSA) is 70.6 Å². The highest BCUT2D eigenvalue weighted by Crippen LogP contribution is 2.22. The van der Waals surface area contributed by atoms with Crippen molar-refractivity contribution < 1.29 is 14.6 Å². The van der Waals surface area contributed by atoms with Gasteiger partial charge in [-0.15, -0.1) is 0 Å². The van der Waals surface area contributed by atoms with Gasteiger partial charge in [-0.3, -0.25) is 4.79 Å². The molecule has 0 radical (unpaired) electrons. The lowest BCUT2D eigenvalue weighted by molar-refractivity contribution is -0.114. The Bertz CT molecular complexity index is 614. The van der Waals surface area contributed by atoms with E-state index in [1.165, 1.54) is 0 Å². The van der Waals surface area contributed by atoms with Gasteiger partial charge in [0.15, 0.2) is 0 Å². The highest BCUT2D eigenvalue weighted by molar-refractivity contribution is 5.95. The number of hydrogen-bond donors (Lipinski definition) is 3. The van der Waals surface area contributed by atoms with Gasteiger partial charge in [0.05, 0.1) is 25.9 Å². The number of carbonyl (C=O) groups is 1. The molecular weight excluding hydrogens is 268 g/mol. The molecule has 0 aliphatic heterocycles. The van der Waals surface area contributed by atoms with Gasteiger partial charge >= 0.3 is 0 Å². The van der Waals surface area contributed by atoms with Crippen molar-refractivity contribution in [3.05, 3.63) is 54.1 Å². The Balaban J connectivity index is 1.96. The van der Waals surface area contributed by atoms with Crippen LogP contribution in [0.4, 0.5) is 11.4 Å². The van der Waals surface area contributed by atoms with Gasteiger partial charge in [0.2, 0.25) is 5.91 Å². The summed E-state index contributed by atoms with van der Waals surface area (Å²) in [4.78, 5) is 12.0. The maximum Gasteiger partial charge on any atom is 0.243 e. The van der Waals surface area contributed by atoms with E-state index in [-0.39, 0.29) is 19.1 Å². The van der Waals surface area contributed by atoms with E-state index in [9.17, 15) is 9.90 Å². The number of amides is 1. The van der Waals surface area contributed by atoms with E-state index in [4.69, 9.17) is 4.74 Å². The van der Waals surface area contributed by atoms with Crippen LogP contribution in [0.2, 0.25) is 0 Å². The van der Waals surface area contributed by atoms with Crippen molar-refractivity contribution >= 4 is 17.3 Å². The van der Waals surface area contributed by atoms with E-state index < -0.39 is 0 Å². The van der Waals surface area contributed by atoms with Crippen molar-refractivity contribution in [3.8, 4) is 5.75 Å². The first-order valence-corrected chi connectivity index (χ1v) is 6.60. The molecule has 0 fully saturated rings. The molecule has 5 heteroatoms. The Kier molecular flexibility index (Phi) is 5.17. The monoisotopic (exact) mass is 286 g/mol. The van der Waals surface area contributed by atoms with E-state index in [0.29, 0.717) is 11.4 Å². The Morgan fingerprint density at radius 1 is 1.10 bits per heavy atom. The standard InChI is InChI=1S/C16H18N2O3/c1-21-15-9-5-4-8-14(15)18-16(20)10-17-13-7-3-2-6-12(13)11-19/h2-9,17,19H,10-11H2,1H3,(H,18,20). The predicted molar refractivity (Wildman–Crippen MR) is 82.5 cm³/mol. The first-order valence-electron chi connectivity index (χ1n) is 6.60. The molecule has 0 saturated carbocycles. The summed E-state index contributed by atoms with van der Waals surface area (Å²) in [6.07, 6.45) is 0. The minimum atomic E-state index is -0.188. The summed E-state index contributed by atoms with van der Waals surface area (Å²) in [5.74, 6) is 0.425. The van der Waals surface area contributed by atoms with Crippen molar-refractivity contribution in [1.29, 1.82) is 0 Å². The fourth-order valence-corrected chi connectivity index (χ4v) is 1.95. The van der Waals surface area contributed by atoms with Crippen molar-refractivity contribution in [3.63, 3.8) is 0 Å². The Morgan fingerprint density at radius 3 is 2.48 bits per heavy atom. The van der Waals surface area contributed by atoms with Crippen LogP contribution in [-0.2, 0) is 11.4 Å². The number of carbonyl (C=O) groups excluding carboxylic acids is 1. The lowest BCUT2D eigenvalue weighted by Gasteiger charge is -2.12. The van der Waals surface area contributed by atoms with E-state index >= 15 is 0 Å². The normalized spacial score (nSPS) is 10.0. The van der Waals surface area contributed by atoms with Crippen LogP contribution in [0.5, 0.6) is 5.75 Å².